The second-order valence-electron chi connectivity index (χ2n) is 2.53. The van der Waals surface area contributed by atoms with E-state index in [1.165, 1.54) is 0 Å². The summed E-state index contributed by atoms with van der Waals surface area (Å²) in [4.78, 5) is 0. The van der Waals surface area contributed by atoms with Crippen LogP contribution in [0.1, 0.15) is 41.5 Å². The fourth-order valence-electron chi connectivity index (χ4n) is 0. The minimum absolute atomic E-state index is 1.75. The number of hydrogen-bond donors (Lipinski definition) is 0. The molecule has 0 aliphatic heterocycles. The molecule has 112 valence electrons. The molecule has 0 rings (SSSR count). The zero-order valence-electron chi connectivity index (χ0n) is 14.2. The highest BCUT2D eigenvalue weighted by Crippen LogP contribution is 1.46. The minimum Gasteiger partial charge on any atom is -0.133 e. The molecule has 19 heavy (non-hydrogen) atoms. The number of allylic oxidation sites excluding steroid dienone is 6. The zero-order valence-corrected chi connectivity index (χ0v) is 14.2. The van der Waals surface area contributed by atoms with Gasteiger partial charge in [-0.2, -0.15) is 0 Å². The van der Waals surface area contributed by atoms with Gasteiger partial charge in [0.1, 0.15) is 0 Å². The fraction of sp³-hybridized carbons (Fsp3) is 0.316. The molecule has 0 saturated carbocycles. The fourth-order valence-corrected chi connectivity index (χ4v) is 0. The minimum atomic E-state index is 1.75. The highest BCUT2D eigenvalue weighted by Gasteiger charge is 1.24. The number of hydrogen-bond acceptors (Lipinski definition) is 0. The van der Waals surface area contributed by atoms with Crippen molar-refractivity contribution in [1.29, 1.82) is 0 Å². The Labute approximate surface area is 124 Å². The topological polar surface area (TPSA) is 0 Å². The van der Waals surface area contributed by atoms with Crippen molar-refractivity contribution in [1.82, 2.24) is 0 Å². The van der Waals surface area contributed by atoms with Crippen LogP contribution in [0.4, 0.5) is 0 Å². The standard InChI is InChI=1S/C4H6.5C3H6/c1-3-4-2;5*1-3-2/h4H,1H2,2H3;5*3H,1H2,2H3. The second kappa shape index (κ2) is 138. The van der Waals surface area contributed by atoms with Crippen molar-refractivity contribution in [2.45, 2.75) is 41.5 Å². The van der Waals surface area contributed by atoms with Crippen LogP contribution in [-0.2, 0) is 0 Å². The van der Waals surface area contributed by atoms with Gasteiger partial charge in [-0.05, 0) is 47.6 Å². The van der Waals surface area contributed by atoms with Crippen molar-refractivity contribution >= 4 is 0 Å². The summed E-state index contributed by atoms with van der Waals surface area (Å²) < 4.78 is 0. The molecule has 0 nitrogen and oxygen atoms in total. The van der Waals surface area contributed by atoms with Crippen molar-refractivity contribution in [3.8, 4) is 0 Å². The van der Waals surface area contributed by atoms with Crippen molar-refractivity contribution < 1.29 is 0 Å². The average Bonchev–Trinajstić information content (AvgIpc) is 2.34. The van der Waals surface area contributed by atoms with Gasteiger partial charge in [-0.1, -0.05) is 37.0 Å². The second-order valence-corrected chi connectivity index (χ2v) is 2.53. The van der Waals surface area contributed by atoms with Gasteiger partial charge in [0.25, 0.3) is 0 Å². The smallest absolute Gasteiger partial charge is 0.0393 e. The lowest BCUT2D eigenvalue weighted by atomic mass is 10.7. The zero-order chi connectivity index (χ0) is 16.9. The van der Waals surface area contributed by atoms with Gasteiger partial charge in [-0.15, -0.1) is 38.6 Å². The SMILES string of the molecule is C=C=CC.C=CC.C=CC.C=CC.C=CC.C=CC. The maximum atomic E-state index is 3.36. The Morgan fingerprint density at radius 3 is 0.579 bits per heavy atom. The summed E-state index contributed by atoms with van der Waals surface area (Å²) in [5, 5.41) is 0. The average molecular weight is 264 g/mol. The Balaban J connectivity index is -0.0000000268. The Bertz CT molecular complexity index is 153. The first kappa shape index (κ1) is 36.0. The molecule has 0 bridgehead atoms. The van der Waals surface area contributed by atoms with Gasteiger partial charge in [-0.25, -0.2) is 0 Å². The van der Waals surface area contributed by atoms with Crippen molar-refractivity contribution in [2.24, 2.45) is 0 Å². The molecular weight excluding hydrogens is 228 g/mol. The van der Waals surface area contributed by atoms with Crippen LogP contribution in [0.3, 0.4) is 0 Å². The molecule has 0 fully saturated rings. The molecule has 0 spiro atoms. The lowest BCUT2D eigenvalue weighted by Gasteiger charge is -1.37. The van der Waals surface area contributed by atoms with E-state index in [-0.39, 0.29) is 0 Å². The van der Waals surface area contributed by atoms with E-state index >= 15 is 0 Å². The van der Waals surface area contributed by atoms with Crippen LogP contribution in [-0.4, -0.2) is 0 Å². The Hall–Kier alpha value is -1.78. The van der Waals surface area contributed by atoms with Crippen LogP contribution in [0.5, 0.6) is 0 Å². The molecule has 0 aromatic carbocycles. The van der Waals surface area contributed by atoms with E-state index in [9.17, 15) is 0 Å². The Morgan fingerprint density at radius 2 is 0.579 bits per heavy atom. The van der Waals surface area contributed by atoms with Gasteiger partial charge in [0.05, 0.1) is 0 Å². The summed E-state index contributed by atoms with van der Waals surface area (Å²) in [6, 6.07) is 0. The van der Waals surface area contributed by atoms with E-state index in [0.717, 1.165) is 0 Å². The van der Waals surface area contributed by atoms with Crippen LogP contribution < -0.4 is 0 Å². The molecule has 0 aliphatic carbocycles. The van der Waals surface area contributed by atoms with E-state index in [0.29, 0.717) is 0 Å². The normalized spacial score (nSPS) is 4.32. The van der Waals surface area contributed by atoms with Crippen LogP contribution in [0, 0.1) is 0 Å². The molecule has 0 aromatic rings. The first-order chi connectivity index (χ1) is 8.99. The quantitative estimate of drug-likeness (QED) is 0.318. The van der Waals surface area contributed by atoms with E-state index in [2.05, 4.69) is 45.2 Å². The Morgan fingerprint density at radius 1 is 0.526 bits per heavy atom. The van der Waals surface area contributed by atoms with Gasteiger partial charge in [0.2, 0.25) is 0 Å². The molecule has 0 N–H and O–H groups in total. The van der Waals surface area contributed by atoms with Gasteiger partial charge < -0.3 is 0 Å². The third-order valence-electron chi connectivity index (χ3n) is 0.204. The summed E-state index contributed by atoms with van der Waals surface area (Å²) in [7, 11) is 0. The molecule has 0 unspecified atom stereocenters. The molecule has 0 amide bonds. The van der Waals surface area contributed by atoms with E-state index in [4.69, 9.17) is 0 Å². The summed E-state index contributed by atoms with van der Waals surface area (Å²) in [5.41, 5.74) is 2.56. The van der Waals surface area contributed by atoms with E-state index in [1.807, 2.05) is 41.5 Å². The first-order valence-electron chi connectivity index (χ1n) is 6.15. The third-order valence-corrected chi connectivity index (χ3v) is 0.204. The molecule has 0 aliphatic rings. The number of rotatable bonds is 0. The lowest BCUT2D eigenvalue weighted by Crippen LogP contribution is -1.15. The summed E-state index contributed by atoms with van der Waals surface area (Å²) in [5.74, 6) is 0. The predicted molar refractivity (Wildman–Crippen MR) is 98.7 cm³/mol. The molecule has 0 saturated heterocycles. The predicted octanol–water partition coefficient (Wildman–Crippen LogP) is 7.31. The van der Waals surface area contributed by atoms with Gasteiger partial charge in [0.15, 0.2) is 0 Å². The molecule has 0 aromatic heterocycles. The molecule has 0 heteroatoms. The van der Waals surface area contributed by atoms with Crippen LogP contribution in [0.15, 0.2) is 81.7 Å². The molecule has 0 radical (unpaired) electrons. The van der Waals surface area contributed by atoms with Crippen LogP contribution in [0.25, 0.3) is 0 Å². The van der Waals surface area contributed by atoms with Crippen LogP contribution in [0.2, 0.25) is 0 Å². The third kappa shape index (κ3) is 5390. The Kier molecular flexibility index (Phi) is 261. The summed E-state index contributed by atoms with van der Waals surface area (Å²) in [6.45, 7) is 31.4. The van der Waals surface area contributed by atoms with E-state index in [1.54, 1.807) is 36.5 Å². The molecule has 0 atom stereocenters. The highest BCUT2D eigenvalue weighted by atomic mass is 13.3. The monoisotopic (exact) mass is 264 g/mol. The van der Waals surface area contributed by atoms with Gasteiger partial charge in [-0.3, -0.25) is 0 Å². The van der Waals surface area contributed by atoms with Crippen LogP contribution >= 0.6 is 0 Å². The maximum Gasteiger partial charge on any atom is -0.0393 e. The molecular formula is C19H36. The van der Waals surface area contributed by atoms with Gasteiger partial charge in [0, 0.05) is 0 Å². The van der Waals surface area contributed by atoms with Crippen molar-refractivity contribution in [3.05, 3.63) is 81.7 Å². The lowest BCUT2D eigenvalue weighted by molar-refractivity contribution is 1.78. The van der Waals surface area contributed by atoms with Crippen molar-refractivity contribution in [2.75, 3.05) is 0 Å². The molecule has 0 heterocycles. The maximum absolute atomic E-state index is 3.36. The highest BCUT2D eigenvalue weighted by molar-refractivity contribution is 4.67. The van der Waals surface area contributed by atoms with E-state index < -0.39 is 0 Å². The largest absolute Gasteiger partial charge is 0.133 e. The van der Waals surface area contributed by atoms with Crippen molar-refractivity contribution in [3.63, 3.8) is 0 Å². The first-order valence-corrected chi connectivity index (χ1v) is 6.15. The van der Waals surface area contributed by atoms with Gasteiger partial charge >= 0.3 is 0 Å². The summed E-state index contributed by atoms with van der Waals surface area (Å²) >= 11 is 0. The summed E-state index contributed by atoms with van der Waals surface area (Å²) in [6.07, 6.45) is 10.5.